The third kappa shape index (κ3) is 5.58. The van der Waals surface area contributed by atoms with Crippen molar-refractivity contribution in [1.82, 2.24) is 0 Å². The predicted molar refractivity (Wildman–Crippen MR) is 84.5 cm³/mol. The normalized spacial score (nSPS) is 10.0. The average molecular weight is 315 g/mol. The Bertz CT molecular complexity index is 625. The molecule has 0 aliphatic carbocycles. The number of rotatable bonds is 7. The van der Waals surface area contributed by atoms with Crippen molar-refractivity contribution in [3.8, 4) is 37.0 Å². The highest BCUT2D eigenvalue weighted by Crippen LogP contribution is 2.53. The van der Waals surface area contributed by atoms with E-state index in [1.54, 1.807) is 30.3 Å². The molecule has 0 atom stereocenters. The van der Waals surface area contributed by atoms with Crippen LogP contribution in [0.4, 0.5) is 0 Å². The van der Waals surface area contributed by atoms with Crippen LogP contribution in [0.25, 0.3) is 0 Å². The van der Waals surface area contributed by atoms with E-state index in [4.69, 9.17) is 32.8 Å². The summed E-state index contributed by atoms with van der Waals surface area (Å²) >= 11 is 0. The minimum Gasteiger partial charge on any atom is -0.289 e. The molecule has 5 nitrogen and oxygen atoms in total. The van der Waals surface area contributed by atoms with Gasteiger partial charge < -0.3 is 0 Å². The van der Waals surface area contributed by atoms with Crippen molar-refractivity contribution < 1.29 is 18.4 Å². The van der Waals surface area contributed by atoms with Crippen LogP contribution in [-0.4, -0.2) is 25.7 Å². The van der Waals surface area contributed by atoms with E-state index in [1.807, 2.05) is 0 Å². The van der Waals surface area contributed by atoms with Crippen LogP contribution in [0.5, 0.6) is 0 Å². The van der Waals surface area contributed by atoms with Gasteiger partial charge in [0.05, 0.1) is 0 Å². The first-order valence-corrected chi connectivity index (χ1v) is 7.62. The maximum Gasteiger partial charge on any atom is 0.366 e. The predicted octanol–water partition coefficient (Wildman–Crippen LogP) is 2.72. The third-order valence-electron chi connectivity index (χ3n) is 2.17. The fraction of sp³-hybridized carbons (Fsp3) is 0.188. The number of hydrogen-bond acceptors (Lipinski definition) is 4. The first-order valence-electron chi connectivity index (χ1n) is 6.13. The van der Waals surface area contributed by atoms with E-state index in [2.05, 4.69) is 22.5 Å². The number of nitrogens with zero attached hydrogens (tertiary/aromatic N) is 1. The molecule has 0 saturated carbocycles. The van der Waals surface area contributed by atoms with E-state index >= 15 is 0 Å². The summed E-state index contributed by atoms with van der Waals surface area (Å²) in [5.74, 6) is 6.21. The fourth-order valence-electron chi connectivity index (χ4n) is 1.30. The number of hydrogen-bond donors (Lipinski definition) is 0. The first kappa shape index (κ1) is 17.7. The van der Waals surface area contributed by atoms with E-state index in [9.17, 15) is 4.79 Å². The van der Waals surface area contributed by atoms with Gasteiger partial charge in [-0.15, -0.1) is 19.3 Å². The zero-order chi connectivity index (χ0) is 16.3. The monoisotopic (exact) mass is 315 g/mol. The van der Waals surface area contributed by atoms with Crippen LogP contribution in [0.2, 0.25) is 0 Å². The lowest BCUT2D eigenvalue weighted by Crippen LogP contribution is -2.05. The zero-order valence-corrected chi connectivity index (χ0v) is 12.7. The van der Waals surface area contributed by atoms with E-state index in [1.165, 1.54) is 0 Å². The van der Waals surface area contributed by atoms with Crippen LogP contribution in [0.3, 0.4) is 0 Å². The molecule has 0 N–H and O–H groups in total. The third-order valence-corrected chi connectivity index (χ3v) is 3.96. The summed E-state index contributed by atoms with van der Waals surface area (Å²) in [5, 5.41) is 0. The van der Waals surface area contributed by atoms with Crippen LogP contribution in [-0.2, 0) is 13.6 Å². The highest BCUT2D eigenvalue weighted by molar-refractivity contribution is 7.51. The molecule has 1 rings (SSSR count). The number of benzene rings is 1. The topological polar surface area (TPSA) is 57.1 Å². The Balaban J connectivity index is 3.17. The molecule has 1 aromatic rings. The lowest BCUT2D eigenvalue weighted by Gasteiger charge is -2.20. The van der Waals surface area contributed by atoms with Crippen molar-refractivity contribution in [3.63, 3.8) is 0 Å². The summed E-state index contributed by atoms with van der Waals surface area (Å²) in [7, 11) is -3.42. The van der Waals surface area contributed by atoms with Crippen LogP contribution >= 0.6 is 7.74 Å². The molecule has 22 heavy (non-hydrogen) atoms. The number of carbonyl (C=O) groups is 1. The molecular weight excluding hydrogens is 301 g/mol. The second-order valence-corrected chi connectivity index (χ2v) is 5.58. The van der Waals surface area contributed by atoms with E-state index in [0.717, 1.165) is 0 Å². The molecule has 0 spiro atoms. The Kier molecular flexibility index (Phi) is 7.73. The highest BCUT2D eigenvalue weighted by Gasteiger charge is 2.26. The number of carbonyl (C=O) groups excluding carboxylic acids is 1. The maximum atomic E-state index is 12.2. The molecule has 0 aromatic heterocycles. The summed E-state index contributed by atoms with van der Waals surface area (Å²) in [5.41, 5.74) is 0.352. The molecule has 0 aliphatic rings. The second kappa shape index (κ2) is 9.59. The fourth-order valence-corrected chi connectivity index (χ4v) is 2.75. The first-order chi connectivity index (χ1) is 10.7. The van der Waals surface area contributed by atoms with Gasteiger partial charge in [-0.2, -0.15) is 4.74 Å². The Labute approximate surface area is 130 Å². The molecule has 0 heterocycles. The molecule has 0 aliphatic heterocycles. The summed E-state index contributed by atoms with van der Waals surface area (Å²) in [4.78, 5) is 12.2. The summed E-state index contributed by atoms with van der Waals surface area (Å²) < 4.78 is 19.9. The van der Waals surface area contributed by atoms with Crippen LogP contribution < -0.4 is 0 Å². The van der Waals surface area contributed by atoms with Crippen molar-refractivity contribution in [2.75, 3.05) is 19.8 Å². The van der Waals surface area contributed by atoms with Crippen LogP contribution in [0, 0.1) is 37.0 Å². The lowest BCUT2D eigenvalue weighted by atomic mass is 10.2. The Morgan fingerprint density at radius 2 is 1.41 bits per heavy atom. The molecule has 0 unspecified atom stereocenters. The van der Waals surface area contributed by atoms with Crippen molar-refractivity contribution in [3.05, 3.63) is 35.9 Å². The van der Waals surface area contributed by atoms with Gasteiger partial charge in [0.2, 0.25) is 0 Å². The lowest BCUT2D eigenvalue weighted by molar-refractivity contribution is 0.0991. The largest absolute Gasteiger partial charge is 0.366 e. The molecule has 112 valence electrons. The van der Waals surface area contributed by atoms with Crippen molar-refractivity contribution in [2.45, 2.75) is 0 Å². The minimum absolute atomic E-state index is 0.158. The molecule has 0 bridgehead atoms. The van der Waals surface area contributed by atoms with Gasteiger partial charge in [0.25, 0.3) is 5.91 Å². The molecular formula is C16H14NO4P. The summed E-state index contributed by atoms with van der Waals surface area (Å²) in [6, 6.07) is 8.39. The van der Waals surface area contributed by atoms with Gasteiger partial charge >= 0.3 is 7.74 Å². The van der Waals surface area contributed by atoms with Gasteiger partial charge in [0, 0.05) is 5.56 Å². The Morgan fingerprint density at radius 1 is 0.955 bits per heavy atom. The maximum absolute atomic E-state index is 12.2. The van der Waals surface area contributed by atoms with E-state index in [-0.39, 0.29) is 19.8 Å². The van der Waals surface area contributed by atoms with Crippen molar-refractivity contribution in [1.29, 1.82) is 0 Å². The van der Waals surface area contributed by atoms with Crippen LogP contribution in [0.15, 0.2) is 35.1 Å². The van der Waals surface area contributed by atoms with Gasteiger partial charge in [0.15, 0.2) is 0 Å². The van der Waals surface area contributed by atoms with Gasteiger partial charge in [0.1, 0.15) is 19.8 Å². The Morgan fingerprint density at radius 3 is 1.82 bits per heavy atom. The van der Waals surface area contributed by atoms with E-state index < -0.39 is 13.6 Å². The summed E-state index contributed by atoms with van der Waals surface area (Å²) in [6.07, 6.45) is 15.5. The molecule has 1 aromatic carbocycles. The molecule has 0 fully saturated rings. The zero-order valence-electron chi connectivity index (χ0n) is 11.8. The molecule has 6 heteroatoms. The minimum atomic E-state index is -3.42. The highest BCUT2D eigenvalue weighted by atomic mass is 31.2. The van der Waals surface area contributed by atoms with E-state index in [0.29, 0.717) is 5.56 Å². The van der Waals surface area contributed by atoms with Gasteiger partial charge in [-0.3, -0.25) is 18.4 Å². The number of terminal acetylenes is 3. The number of amides is 1. The molecule has 0 saturated heterocycles. The average Bonchev–Trinajstić information content (AvgIpc) is 2.56. The van der Waals surface area contributed by atoms with Crippen molar-refractivity contribution >= 4 is 13.6 Å². The SMILES string of the molecule is C#CCOP(=NC(=O)c1ccccc1)(OCC#C)OCC#C. The smallest absolute Gasteiger partial charge is 0.289 e. The van der Waals surface area contributed by atoms with Gasteiger partial charge in [-0.25, -0.2) is 0 Å². The quantitative estimate of drug-likeness (QED) is 0.573. The van der Waals surface area contributed by atoms with Gasteiger partial charge in [-0.05, 0) is 12.1 Å². The Hall–Kier alpha value is -2.32. The second-order valence-electron chi connectivity index (χ2n) is 3.67. The molecule has 0 radical (unpaired) electrons. The van der Waals surface area contributed by atoms with Gasteiger partial charge in [-0.1, -0.05) is 36.0 Å². The standard InChI is InChI=1S/C16H14NO4P/c1-4-12-19-22(20-13-5-2,21-14-6-3)17-16(18)15-10-8-7-9-11-15/h1-3,7-11H,12-14H2. The summed E-state index contributed by atoms with van der Waals surface area (Å²) in [6.45, 7) is -0.475. The van der Waals surface area contributed by atoms with Crippen molar-refractivity contribution in [2.24, 2.45) is 4.74 Å². The molecule has 1 amide bonds. The van der Waals surface area contributed by atoms with Crippen LogP contribution in [0.1, 0.15) is 10.4 Å².